The molecule has 0 bridgehead atoms. The Morgan fingerprint density at radius 2 is 1.56 bits per heavy atom. The van der Waals surface area contributed by atoms with Gasteiger partial charge in [0.05, 0.1) is 0 Å². The molecule has 0 heterocycles. The lowest BCUT2D eigenvalue weighted by molar-refractivity contribution is 0.0949. The summed E-state index contributed by atoms with van der Waals surface area (Å²) < 4.78 is 0. The van der Waals surface area contributed by atoms with Gasteiger partial charge in [0.15, 0.2) is 0 Å². The monoisotopic (exact) mass is 378 g/mol. The van der Waals surface area contributed by atoms with E-state index >= 15 is 0 Å². The number of rotatable bonds is 5. The molecule has 5 heteroatoms. The Balaban J connectivity index is 1.63. The third kappa shape index (κ3) is 5.19. The van der Waals surface area contributed by atoms with Crippen molar-refractivity contribution >= 4 is 29.1 Å². The van der Waals surface area contributed by atoms with Crippen LogP contribution >= 0.6 is 11.6 Å². The van der Waals surface area contributed by atoms with Crippen LogP contribution < -0.4 is 10.6 Å². The van der Waals surface area contributed by atoms with E-state index in [0.29, 0.717) is 28.4 Å². The fourth-order valence-corrected chi connectivity index (χ4v) is 2.66. The molecule has 2 amide bonds. The Morgan fingerprint density at radius 1 is 0.852 bits per heavy atom. The number of anilines is 1. The molecule has 3 aromatic rings. The Kier molecular flexibility index (Phi) is 5.89. The SMILES string of the molecule is Cc1ccc(C(=O)Nc2cccc(C(=O)NCc3ccc(Cl)cc3)c2)cc1. The number of benzene rings is 3. The van der Waals surface area contributed by atoms with Crippen LogP contribution in [0.4, 0.5) is 5.69 Å². The lowest BCUT2D eigenvalue weighted by atomic mass is 10.1. The zero-order chi connectivity index (χ0) is 19.2. The summed E-state index contributed by atoms with van der Waals surface area (Å²) in [5.74, 6) is -0.426. The van der Waals surface area contributed by atoms with Gasteiger partial charge >= 0.3 is 0 Å². The summed E-state index contributed by atoms with van der Waals surface area (Å²) >= 11 is 5.86. The van der Waals surface area contributed by atoms with Crippen molar-refractivity contribution in [3.05, 3.63) is 100 Å². The molecule has 0 fully saturated rings. The Bertz CT molecular complexity index is 951. The highest BCUT2D eigenvalue weighted by Gasteiger charge is 2.09. The van der Waals surface area contributed by atoms with Crippen molar-refractivity contribution in [2.75, 3.05) is 5.32 Å². The van der Waals surface area contributed by atoms with Crippen LogP contribution in [-0.4, -0.2) is 11.8 Å². The first-order valence-electron chi connectivity index (χ1n) is 8.52. The molecule has 136 valence electrons. The molecule has 0 atom stereocenters. The molecule has 0 radical (unpaired) electrons. The summed E-state index contributed by atoms with van der Waals surface area (Å²) in [4.78, 5) is 24.7. The molecule has 4 nitrogen and oxygen atoms in total. The van der Waals surface area contributed by atoms with Gasteiger partial charge in [-0.1, -0.05) is 47.5 Å². The quantitative estimate of drug-likeness (QED) is 0.668. The number of carbonyl (C=O) groups is 2. The molecule has 0 saturated heterocycles. The van der Waals surface area contributed by atoms with Crippen LogP contribution in [0.2, 0.25) is 5.02 Å². The molecule has 0 aliphatic heterocycles. The minimum Gasteiger partial charge on any atom is -0.348 e. The first kappa shape index (κ1) is 18.7. The lowest BCUT2D eigenvalue weighted by Crippen LogP contribution is -2.23. The van der Waals surface area contributed by atoms with Crippen molar-refractivity contribution in [3.8, 4) is 0 Å². The number of halogens is 1. The number of amides is 2. The molecule has 27 heavy (non-hydrogen) atoms. The van der Waals surface area contributed by atoms with E-state index in [2.05, 4.69) is 10.6 Å². The summed E-state index contributed by atoms with van der Waals surface area (Å²) in [6.45, 7) is 2.36. The predicted octanol–water partition coefficient (Wildman–Crippen LogP) is 4.83. The van der Waals surface area contributed by atoms with Crippen molar-refractivity contribution in [1.82, 2.24) is 5.32 Å². The van der Waals surface area contributed by atoms with Gasteiger partial charge in [0.2, 0.25) is 0 Å². The van der Waals surface area contributed by atoms with E-state index < -0.39 is 0 Å². The highest BCUT2D eigenvalue weighted by molar-refractivity contribution is 6.30. The van der Waals surface area contributed by atoms with Crippen molar-refractivity contribution in [2.45, 2.75) is 13.5 Å². The lowest BCUT2D eigenvalue weighted by Gasteiger charge is -2.09. The number of carbonyl (C=O) groups excluding carboxylic acids is 2. The molecule has 3 rings (SSSR count). The maximum Gasteiger partial charge on any atom is 0.255 e. The topological polar surface area (TPSA) is 58.2 Å². The second kappa shape index (κ2) is 8.52. The van der Waals surface area contributed by atoms with E-state index in [-0.39, 0.29) is 11.8 Å². The van der Waals surface area contributed by atoms with Crippen LogP contribution in [0.3, 0.4) is 0 Å². The van der Waals surface area contributed by atoms with Crippen LogP contribution in [-0.2, 0) is 6.54 Å². The fraction of sp³-hybridized carbons (Fsp3) is 0.0909. The zero-order valence-corrected chi connectivity index (χ0v) is 15.6. The van der Waals surface area contributed by atoms with Crippen LogP contribution in [0.5, 0.6) is 0 Å². The van der Waals surface area contributed by atoms with Crippen LogP contribution in [0.1, 0.15) is 31.8 Å². The minimum atomic E-state index is -0.214. The molecule has 2 N–H and O–H groups in total. The summed E-state index contributed by atoms with van der Waals surface area (Å²) in [7, 11) is 0. The second-order valence-electron chi connectivity index (χ2n) is 6.21. The van der Waals surface area contributed by atoms with E-state index in [4.69, 9.17) is 11.6 Å². The van der Waals surface area contributed by atoms with Crippen LogP contribution in [0.15, 0.2) is 72.8 Å². The maximum atomic E-state index is 12.4. The number of hydrogen-bond acceptors (Lipinski definition) is 2. The van der Waals surface area contributed by atoms with Gasteiger partial charge in [-0.3, -0.25) is 9.59 Å². The van der Waals surface area contributed by atoms with Gasteiger partial charge < -0.3 is 10.6 Å². The van der Waals surface area contributed by atoms with Gasteiger partial charge in [0.1, 0.15) is 0 Å². The third-order valence-electron chi connectivity index (χ3n) is 4.06. The Labute approximate surface area is 163 Å². The summed E-state index contributed by atoms with van der Waals surface area (Å²) in [5.41, 5.74) is 3.66. The standard InChI is InChI=1S/C22H19ClN2O2/c1-15-5-9-17(10-6-15)22(27)25-20-4-2-3-18(13-20)21(26)24-14-16-7-11-19(23)12-8-16/h2-13H,14H2,1H3,(H,24,26)(H,25,27). The average Bonchev–Trinajstić information content (AvgIpc) is 2.68. The normalized spacial score (nSPS) is 10.3. The zero-order valence-electron chi connectivity index (χ0n) is 14.8. The minimum absolute atomic E-state index is 0.212. The van der Waals surface area contributed by atoms with E-state index in [1.165, 1.54) is 0 Å². The Morgan fingerprint density at radius 3 is 2.26 bits per heavy atom. The van der Waals surface area contributed by atoms with Crippen molar-refractivity contribution in [1.29, 1.82) is 0 Å². The van der Waals surface area contributed by atoms with Gasteiger partial charge in [-0.25, -0.2) is 0 Å². The van der Waals surface area contributed by atoms with Gasteiger partial charge in [0, 0.05) is 28.4 Å². The predicted molar refractivity (Wildman–Crippen MR) is 108 cm³/mol. The first-order valence-corrected chi connectivity index (χ1v) is 8.90. The third-order valence-corrected chi connectivity index (χ3v) is 4.31. The highest BCUT2D eigenvalue weighted by atomic mass is 35.5. The van der Waals surface area contributed by atoms with Gasteiger partial charge in [-0.2, -0.15) is 0 Å². The highest BCUT2D eigenvalue weighted by Crippen LogP contribution is 2.14. The molecular weight excluding hydrogens is 360 g/mol. The summed E-state index contributed by atoms with van der Waals surface area (Å²) in [5, 5.41) is 6.33. The second-order valence-corrected chi connectivity index (χ2v) is 6.65. The van der Waals surface area contributed by atoms with Gasteiger partial charge in [-0.15, -0.1) is 0 Å². The van der Waals surface area contributed by atoms with Crippen LogP contribution in [0, 0.1) is 6.92 Å². The van der Waals surface area contributed by atoms with Crippen molar-refractivity contribution in [3.63, 3.8) is 0 Å². The van der Waals surface area contributed by atoms with E-state index in [1.807, 2.05) is 31.2 Å². The van der Waals surface area contributed by atoms with Crippen molar-refractivity contribution in [2.24, 2.45) is 0 Å². The summed E-state index contributed by atoms with van der Waals surface area (Å²) in [6, 6.07) is 21.5. The molecule has 3 aromatic carbocycles. The molecule has 0 saturated carbocycles. The molecule has 0 aliphatic rings. The number of aryl methyl sites for hydroxylation is 1. The van der Waals surface area contributed by atoms with Crippen molar-refractivity contribution < 1.29 is 9.59 Å². The summed E-state index contributed by atoms with van der Waals surface area (Å²) in [6.07, 6.45) is 0. The van der Waals surface area contributed by atoms with E-state index in [9.17, 15) is 9.59 Å². The molecule has 0 aliphatic carbocycles. The van der Waals surface area contributed by atoms with E-state index in [1.54, 1.807) is 48.5 Å². The fourth-order valence-electron chi connectivity index (χ4n) is 2.53. The number of hydrogen-bond donors (Lipinski definition) is 2. The maximum absolute atomic E-state index is 12.4. The van der Waals surface area contributed by atoms with E-state index in [0.717, 1.165) is 11.1 Å². The Hall–Kier alpha value is -3.11. The molecule has 0 unspecified atom stereocenters. The molecule has 0 aromatic heterocycles. The van der Waals surface area contributed by atoms with Crippen LogP contribution in [0.25, 0.3) is 0 Å². The molecule has 0 spiro atoms. The van der Waals surface area contributed by atoms with Gasteiger partial charge in [0.25, 0.3) is 11.8 Å². The number of nitrogens with one attached hydrogen (secondary N) is 2. The van der Waals surface area contributed by atoms with Gasteiger partial charge in [-0.05, 0) is 55.0 Å². The average molecular weight is 379 g/mol. The smallest absolute Gasteiger partial charge is 0.255 e. The molecular formula is C22H19ClN2O2. The largest absolute Gasteiger partial charge is 0.348 e. The first-order chi connectivity index (χ1) is 13.0.